The minimum atomic E-state index is -0.561. The summed E-state index contributed by atoms with van der Waals surface area (Å²) in [5.74, 6) is 0.513. The summed E-state index contributed by atoms with van der Waals surface area (Å²) >= 11 is 0. The number of para-hydroxylation sites is 1. The standard InChI is InChI=1S/C22H25N3O2/c1-5-20(27-19-9-7-6-8-10-19)22(26)23-21-16(3)24-25(17(21)4)18-13-11-15(2)12-14-18/h6-14,20H,5H2,1-4H3,(H,23,26). The molecule has 5 heteroatoms. The van der Waals surface area contributed by atoms with Gasteiger partial charge in [0.05, 0.1) is 22.8 Å². The van der Waals surface area contributed by atoms with Crippen LogP contribution in [0.2, 0.25) is 0 Å². The van der Waals surface area contributed by atoms with E-state index in [0.29, 0.717) is 12.2 Å². The number of rotatable bonds is 6. The Balaban J connectivity index is 1.80. The Kier molecular flexibility index (Phi) is 5.60. The topological polar surface area (TPSA) is 56.1 Å². The zero-order valence-electron chi connectivity index (χ0n) is 16.2. The predicted molar refractivity (Wildman–Crippen MR) is 108 cm³/mol. The second-order valence-electron chi connectivity index (χ2n) is 6.61. The SMILES string of the molecule is CCC(Oc1ccccc1)C(=O)Nc1c(C)nn(-c2ccc(C)cc2)c1C. The highest BCUT2D eigenvalue weighted by Crippen LogP contribution is 2.24. The summed E-state index contributed by atoms with van der Waals surface area (Å²) in [5.41, 5.74) is 4.55. The zero-order valence-corrected chi connectivity index (χ0v) is 16.2. The summed E-state index contributed by atoms with van der Waals surface area (Å²) < 4.78 is 7.69. The lowest BCUT2D eigenvalue weighted by Gasteiger charge is -2.17. The molecule has 3 rings (SSSR count). The van der Waals surface area contributed by atoms with Crippen LogP contribution in [0.25, 0.3) is 5.69 Å². The fourth-order valence-corrected chi connectivity index (χ4v) is 2.95. The first-order valence-electron chi connectivity index (χ1n) is 9.15. The van der Waals surface area contributed by atoms with Gasteiger partial charge in [0.15, 0.2) is 6.10 Å². The summed E-state index contributed by atoms with van der Waals surface area (Å²) in [6.45, 7) is 7.83. The van der Waals surface area contributed by atoms with Crippen molar-refractivity contribution in [2.24, 2.45) is 0 Å². The molecule has 0 aliphatic rings. The van der Waals surface area contributed by atoms with Crippen LogP contribution < -0.4 is 10.1 Å². The Morgan fingerprint density at radius 2 is 1.74 bits per heavy atom. The molecule has 0 bridgehead atoms. The molecular weight excluding hydrogens is 338 g/mol. The van der Waals surface area contributed by atoms with Gasteiger partial charge >= 0.3 is 0 Å². The van der Waals surface area contributed by atoms with Crippen LogP contribution in [0.1, 0.15) is 30.3 Å². The Hall–Kier alpha value is -3.08. The lowest BCUT2D eigenvalue weighted by Crippen LogP contribution is -2.32. The Morgan fingerprint density at radius 1 is 1.07 bits per heavy atom. The number of aryl methyl sites for hydroxylation is 2. The molecule has 1 aromatic heterocycles. The van der Waals surface area contributed by atoms with E-state index in [9.17, 15) is 4.79 Å². The number of hydrogen-bond acceptors (Lipinski definition) is 3. The predicted octanol–water partition coefficient (Wildman–Crippen LogP) is 4.59. The van der Waals surface area contributed by atoms with Crippen LogP contribution in [-0.4, -0.2) is 21.8 Å². The van der Waals surface area contributed by atoms with E-state index in [1.807, 2.05) is 87.0 Å². The molecule has 1 N–H and O–H groups in total. The van der Waals surface area contributed by atoms with Crippen LogP contribution in [0.15, 0.2) is 54.6 Å². The average Bonchev–Trinajstić information content (AvgIpc) is 2.95. The number of aromatic nitrogens is 2. The summed E-state index contributed by atoms with van der Waals surface area (Å²) in [6.07, 6.45) is 0.0131. The van der Waals surface area contributed by atoms with Crippen molar-refractivity contribution in [3.05, 3.63) is 71.5 Å². The molecule has 0 radical (unpaired) electrons. The van der Waals surface area contributed by atoms with E-state index in [0.717, 1.165) is 22.8 Å². The van der Waals surface area contributed by atoms with Crippen molar-refractivity contribution in [1.82, 2.24) is 9.78 Å². The number of nitrogens with one attached hydrogen (secondary N) is 1. The molecular formula is C22H25N3O2. The van der Waals surface area contributed by atoms with Crippen molar-refractivity contribution in [1.29, 1.82) is 0 Å². The van der Waals surface area contributed by atoms with Crippen molar-refractivity contribution in [2.75, 3.05) is 5.32 Å². The van der Waals surface area contributed by atoms with Crippen molar-refractivity contribution < 1.29 is 9.53 Å². The minimum Gasteiger partial charge on any atom is -0.481 e. The number of benzene rings is 2. The number of carbonyl (C=O) groups excluding carboxylic acids is 1. The van der Waals surface area contributed by atoms with Crippen molar-refractivity contribution in [3.8, 4) is 11.4 Å². The monoisotopic (exact) mass is 363 g/mol. The number of hydrogen-bond donors (Lipinski definition) is 1. The molecule has 2 aromatic carbocycles. The maximum Gasteiger partial charge on any atom is 0.265 e. The second-order valence-corrected chi connectivity index (χ2v) is 6.61. The van der Waals surface area contributed by atoms with Crippen LogP contribution in [0.4, 0.5) is 5.69 Å². The summed E-state index contributed by atoms with van der Waals surface area (Å²) in [5, 5.41) is 7.60. The third kappa shape index (κ3) is 4.19. The van der Waals surface area contributed by atoms with Gasteiger partial charge in [0.25, 0.3) is 5.91 Å². The van der Waals surface area contributed by atoms with Gasteiger partial charge < -0.3 is 10.1 Å². The zero-order chi connectivity index (χ0) is 19.4. The van der Waals surface area contributed by atoms with E-state index in [1.165, 1.54) is 5.56 Å². The van der Waals surface area contributed by atoms with Gasteiger partial charge in [-0.2, -0.15) is 5.10 Å². The molecule has 0 fully saturated rings. The Labute approximate surface area is 160 Å². The van der Waals surface area contributed by atoms with Crippen molar-refractivity contribution in [3.63, 3.8) is 0 Å². The molecule has 140 valence electrons. The number of ether oxygens (including phenoxy) is 1. The third-order valence-electron chi connectivity index (χ3n) is 4.50. The molecule has 0 aliphatic carbocycles. The van der Waals surface area contributed by atoms with E-state index in [2.05, 4.69) is 10.4 Å². The summed E-state index contributed by atoms with van der Waals surface area (Å²) in [7, 11) is 0. The van der Waals surface area contributed by atoms with Gasteiger partial charge in [-0.05, 0) is 51.5 Å². The smallest absolute Gasteiger partial charge is 0.265 e. The molecule has 0 spiro atoms. The highest BCUT2D eigenvalue weighted by atomic mass is 16.5. The van der Waals surface area contributed by atoms with Gasteiger partial charge in [0, 0.05) is 0 Å². The lowest BCUT2D eigenvalue weighted by atomic mass is 10.2. The summed E-state index contributed by atoms with van der Waals surface area (Å²) in [6, 6.07) is 17.5. The average molecular weight is 363 g/mol. The normalized spacial score (nSPS) is 11.9. The molecule has 5 nitrogen and oxygen atoms in total. The van der Waals surface area contributed by atoms with Crippen LogP contribution in [0, 0.1) is 20.8 Å². The molecule has 1 unspecified atom stereocenters. The first-order valence-corrected chi connectivity index (χ1v) is 9.15. The van der Waals surface area contributed by atoms with Crippen LogP contribution >= 0.6 is 0 Å². The molecule has 0 saturated carbocycles. The molecule has 0 saturated heterocycles. The van der Waals surface area contributed by atoms with Crippen molar-refractivity contribution >= 4 is 11.6 Å². The van der Waals surface area contributed by atoms with E-state index >= 15 is 0 Å². The van der Waals surface area contributed by atoms with Gasteiger partial charge in [-0.15, -0.1) is 0 Å². The number of nitrogens with zero attached hydrogens (tertiary/aromatic N) is 2. The largest absolute Gasteiger partial charge is 0.481 e. The van der Waals surface area contributed by atoms with Crippen molar-refractivity contribution in [2.45, 2.75) is 40.2 Å². The third-order valence-corrected chi connectivity index (χ3v) is 4.50. The Morgan fingerprint density at radius 3 is 2.37 bits per heavy atom. The van der Waals surface area contributed by atoms with Gasteiger partial charge in [0.2, 0.25) is 0 Å². The molecule has 1 heterocycles. The fourth-order valence-electron chi connectivity index (χ4n) is 2.95. The van der Waals surface area contributed by atoms with Crippen LogP contribution in [-0.2, 0) is 4.79 Å². The first kappa shape index (κ1) is 18.7. The molecule has 0 aliphatic heterocycles. The van der Waals surface area contributed by atoms with Gasteiger partial charge in [0.1, 0.15) is 5.75 Å². The molecule has 1 atom stereocenters. The quantitative estimate of drug-likeness (QED) is 0.697. The number of anilines is 1. The molecule has 27 heavy (non-hydrogen) atoms. The van der Waals surface area contributed by atoms with Gasteiger partial charge in [-0.3, -0.25) is 4.79 Å². The van der Waals surface area contributed by atoms with E-state index < -0.39 is 6.10 Å². The Bertz CT molecular complexity index is 915. The highest BCUT2D eigenvalue weighted by molar-refractivity contribution is 5.95. The minimum absolute atomic E-state index is 0.170. The fraction of sp³-hybridized carbons (Fsp3) is 0.273. The van der Waals surface area contributed by atoms with Gasteiger partial charge in [-0.25, -0.2) is 4.68 Å². The van der Waals surface area contributed by atoms with E-state index in [-0.39, 0.29) is 5.91 Å². The lowest BCUT2D eigenvalue weighted by molar-refractivity contribution is -0.122. The highest BCUT2D eigenvalue weighted by Gasteiger charge is 2.22. The molecule has 3 aromatic rings. The molecule has 1 amide bonds. The van der Waals surface area contributed by atoms with Gasteiger partial charge in [-0.1, -0.05) is 42.8 Å². The first-order chi connectivity index (χ1) is 13.0. The van der Waals surface area contributed by atoms with E-state index in [4.69, 9.17) is 4.74 Å². The van der Waals surface area contributed by atoms with Crippen LogP contribution in [0.3, 0.4) is 0 Å². The van der Waals surface area contributed by atoms with E-state index in [1.54, 1.807) is 0 Å². The maximum atomic E-state index is 12.8. The summed E-state index contributed by atoms with van der Waals surface area (Å²) in [4.78, 5) is 12.8. The second kappa shape index (κ2) is 8.08. The number of amides is 1. The maximum absolute atomic E-state index is 12.8. The van der Waals surface area contributed by atoms with Crippen LogP contribution in [0.5, 0.6) is 5.75 Å². The number of carbonyl (C=O) groups is 1.